The monoisotopic (exact) mass is 493 g/mol. The molecular formula is C26H24ClN3O3S. The summed E-state index contributed by atoms with van der Waals surface area (Å²) in [7, 11) is 0. The molecule has 6 nitrogen and oxygen atoms in total. The average Bonchev–Trinajstić information content (AvgIpc) is 3.20. The molecule has 5 rings (SSSR count). The van der Waals surface area contributed by atoms with Gasteiger partial charge in [0, 0.05) is 5.02 Å². The normalized spacial score (nSPS) is 14.2. The molecule has 0 amide bonds. The summed E-state index contributed by atoms with van der Waals surface area (Å²) in [6.07, 6.45) is 6.77. The minimum absolute atomic E-state index is 0.00121. The highest BCUT2D eigenvalue weighted by Gasteiger charge is 2.24. The lowest BCUT2D eigenvalue weighted by Crippen LogP contribution is -2.20. The zero-order chi connectivity index (χ0) is 23.5. The van der Waals surface area contributed by atoms with Crippen molar-refractivity contribution in [3.8, 4) is 11.5 Å². The molecule has 0 radical (unpaired) electrons. The summed E-state index contributed by atoms with van der Waals surface area (Å²) in [5.74, 6) is 1.61. The summed E-state index contributed by atoms with van der Waals surface area (Å²) in [6.45, 7) is 1.91. The second kappa shape index (κ2) is 9.99. The molecule has 8 heteroatoms. The van der Waals surface area contributed by atoms with Gasteiger partial charge < -0.3 is 14.8 Å². The maximum absolute atomic E-state index is 13.0. The van der Waals surface area contributed by atoms with Crippen LogP contribution < -0.4 is 10.1 Å². The first-order valence-corrected chi connectivity index (χ1v) is 12.5. The van der Waals surface area contributed by atoms with Gasteiger partial charge in [0.05, 0.1) is 11.1 Å². The number of carbonyl (C=O) groups is 1. The van der Waals surface area contributed by atoms with E-state index in [0.717, 1.165) is 41.5 Å². The maximum Gasteiger partial charge on any atom is 0.348 e. The number of aryl methyl sites for hydroxylation is 1. The van der Waals surface area contributed by atoms with Gasteiger partial charge in [0.2, 0.25) is 0 Å². The number of hydrogen-bond donors (Lipinski definition) is 1. The van der Waals surface area contributed by atoms with E-state index in [1.165, 1.54) is 24.1 Å². The van der Waals surface area contributed by atoms with Crippen molar-refractivity contribution in [1.29, 1.82) is 0 Å². The van der Waals surface area contributed by atoms with Crippen molar-refractivity contribution in [2.45, 2.75) is 45.1 Å². The van der Waals surface area contributed by atoms with Crippen LogP contribution in [-0.4, -0.2) is 22.0 Å². The highest BCUT2D eigenvalue weighted by Crippen LogP contribution is 2.38. The number of hydrogen-bond acceptors (Lipinski definition) is 7. The molecule has 0 spiro atoms. The predicted octanol–water partition coefficient (Wildman–Crippen LogP) is 7.68. The number of benzene rings is 2. The Balaban J connectivity index is 1.46. The molecule has 4 aromatic rings. The topological polar surface area (TPSA) is 73.3 Å². The molecule has 1 N–H and O–H groups in total. The number of aromatic nitrogens is 2. The summed E-state index contributed by atoms with van der Waals surface area (Å²) in [4.78, 5) is 23.1. The van der Waals surface area contributed by atoms with Crippen molar-refractivity contribution in [3.05, 3.63) is 70.3 Å². The third-order valence-electron chi connectivity index (χ3n) is 5.90. The Morgan fingerprint density at radius 2 is 1.88 bits per heavy atom. The smallest absolute Gasteiger partial charge is 0.348 e. The number of nitrogens with one attached hydrogen (secondary N) is 1. The van der Waals surface area contributed by atoms with Crippen LogP contribution in [-0.2, 0) is 4.74 Å². The standard InChI is InChI=1S/C26H24ClN3O3S/c1-16-22-24(30-20-14-17(27)12-13-21(20)32-18-8-4-2-5-9-18)28-15-29-25(22)34-23(16)26(31)33-19-10-6-3-7-11-19/h2,4-5,8-9,12-15,19H,3,6-7,10-11H2,1H3,(H,28,29,30). The molecule has 2 aromatic carbocycles. The number of thiophene rings is 1. The van der Waals surface area contributed by atoms with Crippen molar-refractivity contribution < 1.29 is 14.3 Å². The highest BCUT2D eigenvalue weighted by molar-refractivity contribution is 7.20. The summed E-state index contributed by atoms with van der Waals surface area (Å²) < 4.78 is 11.9. The Morgan fingerprint density at radius 3 is 2.68 bits per heavy atom. The molecule has 0 aliphatic heterocycles. The van der Waals surface area contributed by atoms with Gasteiger partial charge in [-0.25, -0.2) is 14.8 Å². The van der Waals surface area contributed by atoms with Gasteiger partial charge in [0.1, 0.15) is 33.7 Å². The van der Waals surface area contributed by atoms with Gasteiger partial charge in [-0.05, 0) is 68.5 Å². The van der Waals surface area contributed by atoms with E-state index < -0.39 is 0 Å². The van der Waals surface area contributed by atoms with Crippen LogP contribution in [0.1, 0.15) is 47.3 Å². The fourth-order valence-electron chi connectivity index (χ4n) is 4.18. The fraction of sp³-hybridized carbons (Fsp3) is 0.269. The molecule has 2 aromatic heterocycles. The third kappa shape index (κ3) is 4.86. The lowest BCUT2D eigenvalue weighted by atomic mass is 9.98. The molecule has 2 heterocycles. The van der Waals surface area contributed by atoms with E-state index in [0.29, 0.717) is 32.9 Å². The Bertz CT molecular complexity index is 1320. The van der Waals surface area contributed by atoms with Crippen molar-refractivity contribution in [2.75, 3.05) is 5.32 Å². The number of para-hydroxylation sites is 1. The number of carbonyl (C=O) groups excluding carboxylic acids is 1. The van der Waals surface area contributed by atoms with E-state index >= 15 is 0 Å². The summed E-state index contributed by atoms with van der Waals surface area (Å²) >= 11 is 7.62. The highest BCUT2D eigenvalue weighted by atomic mass is 35.5. The fourth-order valence-corrected chi connectivity index (χ4v) is 5.38. The van der Waals surface area contributed by atoms with Gasteiger partial charge in [-0.2, -0.15) is 0 Å². The number of esters is 1. The van der Waals surface area contributed by atoms with E-state index in [9.17, 15) is 4.79 Å². The number of nitrogens with zero attached hydrogens (tertiary/aromatic N) is 2. The molecule has 0 unspecified atom stereocenters. The van der Waals surface area contributed by atoms with E-state index in [4.69, 9.17) is 21.1 Å². The Kier molecular flexibility index (Phi) is 6.65. The van der Waals surface area contributed by atoms with Crippen LogP contribution in [0, 0.1) is 6.92 Å². The van der Waals surface area contributed by atoms with Gasteiger partial charge in [-0.3, -0.25) is 0 Å². The van der Waals surface area contributed by atoms with Crippen molar-refractivity contribution >= 4 is 50.6 Å². The van der Waals surface area contributed by atoms with Gasteiger partial charge in [0.15, 0.2) is 5.75 Å². The third-order valence-corrected chi connectivity index (χ3v) is 7.32. The molecule has 1 aliphatic carbocycles. The minimum Gasteiger partial charge on any atom is -0.458 e. The molecule has 0 bridgehead atoms. The van der Waals surface area contributed by atoms with E-state index in [2.05, 4.69) is 15.3 Å². The molecule has 0 saturated heterocycles. The van der Waals surface area contributed by atoms with Crippen LogP contribution in [0.3, 0.4) is 0 Å². The van der Waals surface area contributed by atoms with Crippen LogP contribution in [0.2, 0.25) is 5.02 Å². The summed E-state index contributed by atoms with van der Waals surface area (Å²) in [6, 6.07) is 14.9. The lowest BCUT2D eigenvalue weighted by Gasteiger charge is -2.21. The van der Waals surface area contributed by atoms with E-state index in [1.54, 1.807) is 12.1 Å². The predicted molar refractivity (Wildman–Crippen MR) is 136 cm³/mol. The number of anilines is 2. The number of ether oxygens (including phenoxy) is 2. The first kappa shape index (κ1) is 22.6. The van der Waals surface area contributed by atoms with Crippen LogP contribution in [0.4, 0.5) is 11.5 Å². The minimum atomic E-state index is -0.283. The summed E-state index contributed by atoms with van der Waals surface area (Å²) in [5, 5.41) is 4.69. The van der Waals surface area contributed by atoms with Crippen molar-refractivity contribution in [3.63, 3.8) is 0 Å². The quantitative estimate of drug-likeness (QED) is 0.278. The number of fused-ring (bicyclic) bond motifs is 1. The Labute approximate surface area is 206 Å². The molecule has 174 valence electrons. The molecule has 1 saturated carbocycles. The summed E-state index contributed by atoms with van der Waals surface area (Å²) in [5.41, 5.74) is 1.46. The molecule has 34 heavy (non-hydrogen) atoms. The molecule has 0 atom stereocenters. The number of halogens is 1. The average molecular weight is 494 g/mol. The molecule has 1 fully saturated rings. The van der Waals surface area contributed by atoms with Gasteiger partial charge >= 0.3 is 5.97 Å². The van der Waals surface area contributed by atoms with Crippen LogP contribution in [0.15, 0.2) is 54.9 Å². The maximum atomic E-state index is 13.0. The first-order chi connectivity index (χ1) is 16.6. The molecular weight excluding hydrogens is 470 g/mol. The van der Waals surface area contributed by atoms with Gasteiger partial charge in [-0.1, -0.05) is 36.2 Å². The van der Waals surface area contributed by atoms with Gasteiger partial charge in [-0.15, -0.1) is 11.3 Å². The lowest BCUT2D eigenvalue weighted by molar-refractivity contribution is 0.0216. The molecule has 1 aliphatic rings. The zero-order valence-electron chi connectivity index (χ0n) is 18.7. The second-order valence-corrected chi connectivity index (χ2v) is 9.74. The van der Waals surface area contributed by atoms with Gasteiger partial charge in [0.25, 0.3) is 0 Å². The Morgan fingerprint density at radius 1 is 1.09 bits per heavy atom. The Hall–Kier alpha value is -3.16. The van der Waals surface area contributed by atoms with Crippen molar-refractivity contribution in [1.82, 2.24) is 9.97 Å². The van der Waals surface area contributed by atoms with Crippen LogP contribution in [0.5, 0.6) is 11.5 Å². The zero-order valence-corrected chi connectivity index (χ0v) is 20.3. The van der Waals surface area contributed by atoms with Crippen LogP contribution >= 0.6 is 22.9 Å². The SMILES string of the molecule is Cc1c(C(=O)OC2CCCCC2)sc2ncnc(Nc3cc(Cl)ccc3Oc3ccccc3)c12. The largest absolute Gasteiger partial charge is 0.458 e. The van der Waals surface area contributed by atoms with Crippen LogP contribution in [0.25, 0.3) is 10.2 Å². The van der Waals surface area contributed by atoms with Crippen molar-refractivity contribution in [2.24, 2.45) is 0 Å². The second-order valence-electron chi connectivity index (χ2n) is 8.30. The first-order valence-electron chi connectivity index (χ1n) is 11.3. The van der Waals surface area contributed by atoms with E-state index in [-0.39, 0.29) is 12.1 Å². The number of rotatable bonds is 6. The van der Waals surface area contributed by atoms with E-state index in [1.807, 2.05) is 43.3 Å².